The third-order valence-corrected chi connectivity index (χ3v) is 4.05. The van der Waals surface area contributed by atoms with Crippen molar-refractivity contribution >= 4 is 49.2 Å². The van der Waals surface area contributed by atoms with E-state index in [4.69, 9.17) is 0 Å². The molecule has 0 atom stereocenters. The zero-order valence-electron chi connectivity index (χ0n) is 11.4. The van der Waals surface area contributed by atoms with Crippen LogP contribution in [0.3, 0.4) is 0 Å². The predicted octanol–water partition coefficient (Wildman–Crippen LogP) is 4.74. The Balaban J connectivity index is 2.39. The summed E-state index contributed by atoms with van der Waals surface area (Å²) in [6.45, 7) is 2.14. The first-order valence-corrected chi connectivity index (χ1v) is 7.98. The Morgan fingerprint density at radius 1 is 1.15 bits per heavy atom. The summed E-state index contributed by atoms with van der Waals surface area (Å²) >= 11 is 7.03. The molecule has 1 aromatic heterocycles. The molecule has 106 valence electrons. The van der Waals surface area contributed by atoms with Gasteiger partial charge < -0.3 is 10.6 Å². The van der Waals surface area contributed by atoms with Crippen molar-refractivity contribution < 1.29 is 0 Å². The second kappa shape index (κ2) is 7.04. The minimum atomic E-state index is 0.838. The van der Waals surface area contributed by atoms with Gasteiger partial charge in [0.1, 0.15) is 18.0 Å². The molecule has 0 fully saturated rings. The van der Waals surface area contributed by atoms with E-state index in [9.17, 15) is 0 Å². The van der Waals surface area contributed by atoms with Gasteiger partial charge in [-0.2, -0.15) is 0 Å². The lowest BCUT2D eigenvalue weighted by Crippen LogP contribution is -2.05. The monoisotopic (exact) mass is 398 g/mol. The van der Waals surface area contributed by atoms with E-state index in [1.165, 1.54) is 0 Å². The summed E-state index contributed by atoms with van der Waals surface area (Å²) in [5.41, 5.74) is 2.07. The zero-order valence-corrected chi connectivity index (χ0v) is 14.5. The molecule has 0 amide bonds. The number of hydrogen-bond donors (Lipinski definition) is 2. The van der Waals surface area contributed by atoms with E-state index >= 15 is 0 Å². The van der Waals surface area contributed by atoms with Crippen LogP contribution < -0.4 is 10.6 Å². The second-order valence-electron chi connectivity index (χ2n) is 4.30. The van der Waals surface area contributed by atoms with Gasteiger partial charge in [0.25, 0.3) is 0 Å². The third kappa shape index (κ3) is 3.49. The van der Waals surface area contributed by atoms with Crippen molar-refractivity contribution in [2.45, 2.75) is 19.8 Å². The molecule has 1 heterocycles. The molecule has 0 bridgehead atoms. The Bertz CT molecular complexity index is 602. The highest BCUT2D eigenvalue weighted by molar-refractivity contribution is 9.11. The first kappa shape index (κ1) is 15.3. The maximum Gasteiger partial charge on any atom is 0.139 e. The molecular weight excluding hydrogens is 384 g/mol. The van der Waals surface area contributed by atoms with Crippen LogP contribution in [0.5, 0.6) is 0 Å². The summed E-state index contributed by atoms with van der Waals surface area (Å²) in [6.07, 6.45) is 3.53. The smallest absolute Gasteiger partial charge is 0.139 e. The van der Waals surface area contributed by atoms with Gasteiger partial charge in [-0.1, -0.05) is 29.3 Å². The zero-order chi connectivity index (χ0) is 14.5. The van der Waals surface area contributed by atoms with Gasteiger partial charge in [0.05, 0.1) is 5.69 Å². The quantitative estimate of drug-likeness (QED) is 0.762. The van der Waals surface area contributed by atoms with Gasteiger partial charge in [0.2, 0.25) is 0 Å². The van der Waals surface area contributed by atoms with Crippen LogP contribution in [-0.4, -0.2) is 17.0 Å². The Kier molecular flexibility index (Phi) is 5.37. The first-order chi connectivity index (χ1) is 9.65. The topological polar surface area (TPSA) is 49.8 Å². The van der Waals surface area contributed by atoms with Crippen LogP contribution in [-0.2, 0) is 6.42 Å². The van der Waals surface area contributed by atoms with Crippen molar-refractivity contribution in [3.8, 4) is 0 Å². The number of halogens is 2. The molecule has 2 N–H and O–H groups in total. The number of nitrogens with zero attached hydrogens (tertiary/aromatic N) is 2. The van der Waals surface area contributed by atoms with E-state index in [0.717, 1.165) is 44.7 Å². The van der Waals surface area contributed by atoms with Crippen LogP contribution in [0.25, 0.3) is 0 Å². The third-order valence-electron chi connectivity index (χ3n) is 2.86. The summed E-state index contributed by atoms with van der Waals surface area (Å²) in [4.78, 5) is 8.65. The molecule has 2 rings (SSSR count). The van der Waals surface area contributed by atoms with Crippen molar-refractivity contribution in [2.75, 3.05) is 17.7 Å². The van der Waals surface area contributed by atoms with E-state index in [-0.39, 0.29) is 0 Å². The number of nitrogens with one attached hydrogen (secondary N) is 2. The fourth-order valence-corrected chi connectivity index (χ4v) is 2.65. The van der Waals surface area contributed by atoms with E-state index in [1.807, 2.05) is 25.2 Å². The molecule has 0 aliphatic heterocycles. The Morgan fingerprint density at radius 3 is 2.60 bits per heavy atom. The molecule has 6 heteroatoms. The predicted molar refractivity (Wildman–Crippen MR) is 90.7 cm³/mol. The molecule has 2 aromatic rings. The number of rotatable bonds is 5. The highest BCUT2D eigenvalue weighted by Crippen LogP contribution is 2.31. The van der Waals surface area contributed by atoms with Gasteiger partial charge in [-0.3, -0.25) is 0 Å². The van der Waals surface area contributed by atoms with Crippen LogP contribution in [0.2, 0.25) is 0 Å². The normalized spacial score (nSPS) is 10.4. The van der Waals surface area contributed by atoms with Gasteiger partial charge in [0.15, 0.2) is 0 Å². The molecule has 0 unspecified atom stereocenters. The van der Waals surface area contributed by atoms with Gasteiger partial charge in [0, 0.05) is 21.6 Å². The molecule has 0 aliphatic carbocycles. The van der Waals surface area contributed by atoms with E-state index < -0.39 is 0 Å². The molecule has 0 aliphatic rings. The number of aromatic nitrogens is 2. The lowest BCUT2D eigenvalue weighted by Gasteiger charge is -2.14. The van der Waals surface area contributed by atoms with Crippen LogP contribution in [0.15, 0.2) is 33.5 Å². The molecule has 20 heavy (non-hydrogen) atoms. The highest BCUT2D eigenvalue weighted by atomic mass is 79.9. The van der Waals surface area contributed by atoms with E-state index in [2.05, 4.69) is 59.4 Å². The standard InChI is InChI=1S/C14H16Br2N4/c1-3-4-10-13(17-2)18-8-19-14(10)20-12-7-9(15)5-6-11(12)16/h5-8H,3-4H2,1-2H3,(H2,17,18,19,20). The fraction of sp³-hybridized carbons (Fsp3) is 0.286. The second-order valence-corrected chi connectivity index (χ2v) is 6.07. The molecule has 0 saturated carbocycles. The summed E-state index contributed by atoms with van der Waals surface area (Å²) in [5, 5.41) is 6.49. The average Bonchev–Trinajstić information content (AvgIpc) is 2.45. The van der Waals surface area contributed by atoms with Crippen LogP contribution in [0.4, 0.5) is 17.3 Å². The number of anilines is 3. The molecule has 1 aromatic carbocycles. The minimum Gasteiger partial charge on any atom is -0.373 e. The summed E-state index contributed by atoms with van der Waals surface area (Å²) in [7, 11) is 1.88. The fourth-order valence-electron chi connectivity index (χ4n) is 1.94. The summed E-state index contributed by atoms with van der Waals surface area (Å²) < 4.78 is 2.01. The maximum absolute atomic E-state index is 4.37. The first-order valence-electron chi connectivity index (χ1n) is 6.39. The Labute approximate surface area is 135 Å². The van der Waals surface area contributed by atoms with Crippen molar-refractivity contribution in [1.82, 2.24) is 9.97 Å². The maximum atomic E-state index is 4.37. The summed E-state index contributed by atoms with van der Waals surface area (Å²) in [6, 6.07) is 5.99. The van der Waals surface area contributed by atoms with Crippen molar-refractivity contribution in [3.63, 3.8) is 0 Å². The van der Waals surface area contributed by atoms with Crippen molar-refractivity contribution in [3.05, 3.63) is 39.0 Å². The Morgan fingerprint density at radius 2 is 1.90 bits per heavy atom. The van der Waals surface area contributed by atoms with Gasteiger partial charge in [-0.05, 0) is 40.5 Å². The van der Waals surface area contributed by atoms with Crippen molar-refractivity contribution in [1.29, 1.82) is 0 Å². The minimum absolute atomic E-state index is 0.838. The lowest BCUT2D eigenvalue weighted by molar-refractivity contribution is 0.905. The van der Waals surface area contributed by atoms with E-state index in [1.54, 1.807) is 6.33 Å². The molecular formula is C14H16Br2N4. The van der Waals surface area contributed by atoms with Crippen LogP contribution in [0, 0.1) is 0 Å². The number of benzene rings is 1. The largest absolute Gasteiger partial charge is 0.373 e. The van der Waals surface area contributed by atoms with Gasteiger partial charge in [-0.15, -0.1) is 0 Å². The Hall–Kier alpha value is -1.14. The van der Waals surface area contributed by atoms with Crippen LogP contribution in [0.1, 0.15) is 18.9 Å². The number of hydrogen-bond acceptors (Lipinski definition) is 4. The SMILES string of the molecule is CCCc1c(NC)ncnc1Nc1cc(Br)ccc1Br. The average molecular weight is 400 g/mol. The van der Waals surface area contributed by atoms with Gasteiger partial charge in [-0.25, -0.2) is 9.97 Å². The molecule has 0 saturated heterocycles. The van der Waals surface area contributed by atoms with Gasteiger partial charge >= 0.3 is 0 Å². The highest BCUT2D eigenvalue weighted by Gasteiger charge is 2.11. The molecule has 4 nitrogen and oxygen atoms in total. The lowest BCUT2D eigenvalue weighted by atomic mass is 10.1. The summed E-state index contributed by atoms with van der Waals surface area (Å²) in [5.74, 6) is 1.71. The van der Waals surface area contributed by atoms with Crippen molar-refractivity contribution in [2.24, 2.45) is 0 Å². The molecule has 0 radical (unpaired) electrons. The molecule has 0 spiro atoms. The van der Waals surface area contributed by atoms with Crippen LogP contribution >= 0.6 is 31.9 Å². The van der Waals surface area contributed by atoms with E-state index in [0.29, 0.717) is 0 Å².